The fourth-order valence-electron chi connectivity index (χ4n) is 30.4. The van der Waals surface area contributed by atoms with Crippen LogP contribution in [-0.4, -0.2) is 0 Å². The van der Waals surface area contributed by atoms with Gasteiger partial charge in [-0.05, 0) is 329 Å². The molecule has 24 unspecified atom stereocenters. The Bertz CT molecular complexity index is 1320. The lowest BCUT2D eigenvalue weighted by molar-refractivity contribution is -0.401. The van der Waals surface area contributed by atoms with E-state index >= 15 is 0 Å². The van der Waals surface area contributed by atoms with Crippen molar-refractivity contribution in [1.82, 2.24) is 0 Å². The summed E-state index contributed by atoms with van der Waals surface area (Å²) in [7, 11) is 0. The molecule has 0 N–H and O–H groups in total. The zero-order valence-electron chi connectivity index (χ0n) is 33.5. The van der Waals surface area contributed by atoms with E-state index in [1.165, 1.54) is 213 Å². The van der Waals surface area contributed by atoms with Gasteiger partial charge >= 0.3 is 0 Å². The molecule has 0 aromatic rings. The van der Waals surface area contributed by atoms with Gasteiger partial charge in [0.2, 0.25) is 0 Å². The minimum Gasteiger partial charge on any atom is -0.0499 e. The van der Waals surface area contributed by atoms with Crippen LogP contribution in [0.3, 0.4) is 0 Å². The van der Waals surface area contributed by atoms with E-state index in [1.807, 2.05) is 0 Å². The third kappa shape index (κ3) is 2.74. The molecule has 0 radical (unpaired) electrons. The maximum Gasteiger partial charge on any atom is -0.0312 e. The third-order valence-corrected chi connectivity index (χ3v) is 28.9. The fraction of sp³-hybridized carbons (Fsp3) is 1.00. The van der Waals surface area contributed by atoms with Gasteiger partial charge in [0.15, 0.2) is 0 Å². The van der Waals surface area contributed by atoms with Crippen molar-refractivity contribution in [2.75, 3.05) is 0 Å². The molecule has 19 saturated carbocycles. The number of hydrogen-bond donors (Lipinski definition) is 0. The molecule has 0 saturated heterocycles. The molecule has 0 aromatic heterocycles. The van der Waals surface area contributed by atoms with Gasteiger partial charge in [-0.2, -0.15) is 0 Å². The standard InChI is InChI=1S/C54H72/c1-2-20-14-22-5-6-24-16-26-9-11-29-18-30-12-10-28-17-27-8-7-25-15-23-4-3-21-13-19(1)31-32(20)44-34(22)36(24)46-39(26)41(29)48-42(30)40(28)47-38(27)37(25)45-35(23)33(21)43(31)49-50(44)52(46)54(48)53(47)51(45)49/h19-54H,1-18H2. The molecule has 24 atom stereocenters. The summed E-state index contributed by atoms with van der Waals surface area (Å²) in [4.78, 5) is 0. The summed E-state index contributed by atoms with van der Waals surface area (Å²) in [6.45, 7) is 0. The van der Waals surface area contributed by atoms with Crippen LogP contribution in [0.25, 0.3) is 0 Å². The minimum absolute atomic E-state index is 1.18. The second kappa shape index (κ2) is 9.03. The van der Waals surface area contributed by atoms with Crippen LogP contribution < -0.4 is 0 Å². The molecule has 0 aromatic carbocycles. The molecule has 19 rings (SSSR count). The van der Waals surface area contributed by atoms with Gasteiger partial charge in [0.25, 0.3) is 0 Å². The summed E-state index contributed by atoms with van der Waals surface area (Å²) in [5.41, 5.74) is 0. The smallest absolute Gasteiger partial charge is 0.0312 e. The van der Waals surface area contributed by atoms with E-state index in [4.69, 9.17) is 0 Å². The predicted octanol–water partition coefficient (Wildman–Crippen LogP) is 11.4. The van der Waals surface area contributed by atoms with Crippen LogP contribution in [0.1, 0.15) is 116 Å². The summed E-state index contributed by atoms with van der Waals surface area (Å²) in [5.74, 6) is 44.0. The largest absolute Gasteiger partial charge is 0.0499 e. The van der Waals surface area contributed by atoms with E-state index in [-0.39, 0.29) is 0 Å². The second-order valence-corrected chi connectivity index (χ2v) is 27.9. The van der Waals surface area contributed by atoms with E-state index in [1.54, 1.807) is 116 Å². The van der Waals surface area contributed by atoms with Crippen LogP contribution in [0.4, 0.5) is 0 Å². The Morgan fingerprint density at radius 1 is 0.111 bits per heavy atom. The van der Waals surface area contributed by atoms with Crippen molar-refractivity contribution in [3.8, 4) is 0 Å². The van der Waals surface area contributed by atoms with Crippen LogP contribution in [0.2, 0.25) is 0 Å². The lowest BCUT2D eigenvalue weighted by Crippen LogP contribution is -2.83. The molecule has 0 amide bonds. The molecule has 19 aliphatic rings. The van der Waals surface area contributed by atoms with Crippen LogP contribution in [0.15, 0.2) is 0 Å². The Morgan fingerprint density at radius 2 is 0.204 bits per heavy atom. The lowest BCUT2D eigenvalue weighted by atomic mass is 9.17. The van der Waals surface area contributed by atoms with Crippen molar-refractivity contribution in [3.63, 3.8) is 0 Å². The molecule has 0 heteroatoms. The Balaban J connectivity index is 0.934. The van der Waals surface area contributed by atoms with Crippen molar-refractivity contribution < 1.29 is 0 Å². The first-order chi connectivity index (χ1) is 26.8. The summed E-state index contributed by atoms with van der Waals surface area (Å²) < 4.78 is 0. The highest BCUT2D eigenvalue weighted by molar-refractivity contribution is 5.32. The molecular weight excluding hydrogens is 649 g/mol. The average molecular weight is 721 g/mol. The first kappa shape index (κ1) is 29.3. The summed E-state index contributed by atoms with van der Waals surface area (Å²) in [6, 6.07) is 0. The monoisotopic (exact) mass is 721 g/mol. The zero-order chi connectivity index (χ0) is 33.5. The Morgan fingerprint density at radius 3 is 0.315 bits per heavy atom. The van der Waals surface area contributed by atoms with Gasteiger partial charge < -0.3 is 0 Å². The van der Waals surface area contributed by atoms with Gasteiger partial charge in [0, 0.05) is 0 Å². The molecule has 0 aliphatic heterocycles. The van der Waals surface area contributed by atoms with Gasteiger partial charge in [0.1, 0.15) is 0 Å². The molecular formula is C54H72. The summed E-state index contributed by atoms with van der Waals surface area (Å²) >= 11 is 0. The van der Waals surface area contributed by atoms with Crippen molar-refractivity contribution in [2.24, 2.45) is 213 Å². The van der Waals surface area contributed by atoms with Crippen molar-refractivity contribution in [3.05, 3.63) is 0 Å². The van der Waals surface area contributed by atoms with E-state index in [0.29, 0.717) is 0 Å². The molecule has 288 valence electrons. The second-order valence-electron chi connectivity index (χ2n) is 27.9. The normalized spacial score (nSPS) is 80.0. The highest BCUT2D eigenvalue weighted by Crippen LogP contribution is 2.89. The van der Waals surface area contributed by atoms with Crippen molar-refractivity contribution in [1.29, 1.82) is 0 Å². The SMILES string of the molecule is C1CC2CC3CCC4CC5CCC6CC7CCC8CC9CCC%10CC%11CCC%12CC1C1C2C2C3C4C3C5C6C4C7C8C5C9C%10C6C%11C%12C1C1C2C3C4C5C61. The Hall–Kier alpha value is 0. The third-order valence-electron chi connectivity index (χ3n) is 28.9. The maximum absolute atomic E-state index is 1.75. The van der Waals surface area contributed by atoms with Gasteiger partial charge in [-0.1, -0.05) is 0 Å². The van der Waals surface area contributed by atoms with Gasteiger partial charge in [-0.3, -0.25) is 0 Å². The number of rotatable bonds is 0. The van der Waals surface area contributed by atoms with E-state index < -0.39 is 0 Å². The highest BCUT2D eigenvalue weighted by Gasteiger charge is 2.85. The molecule has 54 heavy (non-hydrogen) atoms. The Kier molecular flexibility index (Phi) is 4.89. The topological polar surface area (TPSA) is 0 Å². The summed E-state index contributed by atoms with van der Waals surface area (Å²) in [6.07, 6.45) is 31.0. The molecule has 0 nitrogen and oxygen atoms in total. The van der Waals surface area contributed by atoms with Gasteiger partial charge in [0.05, 0.1) is 0 Å². The van der Waals surface area contributed by atoms with Crippen LogP contribution in [0.5, 0.6) is 0 Å². The van der Waals surface area contributed by atoms with E-state index in [2.05, 4.69) is 0 Å². The maximum atomic E-state index is 1.75. The average Bonchev–Trinajstić information content (AvgIpc) is 3.21. The molecule has 19 fully saturated rings. The highest BCUT2D eigenvalue weighted by atomic mass is 14.9. The fourth-order valence-corrected chi connectivity index (χ4v) is 30.4. The van der Waals surface area contributed by atoms with E-state index in [9.17, 15) is 0 Å². The zero-order valence-corrected chi connectivity index (χ0v) is 33.5. The molecule has 0 spiro atoms. The van der Waals surface area contributed by atoms with Crippen LogP contribution in [0, 0.1) is 213 Å². The van der Waals surface area contributed by atoms with Crippen molar-refractivity contribution in [2.45, 2.75) is 116 Å². The van der Waals surface area contributed by atoms with Crippen molar-refractivity contribution >= 4 is 0 Å². The molecule has 0 bridgehead atoms. The Labute approximate surface area is 327 Å². The molecule has 19 aliphatic carbocycles. The van der Waals surface area contributed by atoms with Crippen LogP contribution >= 0.6 is 0 Å². The molecule has 0 heterocycles. The lowest BCUT2D eigenvalue weighted by Gasteiger charge is -2.87. The predicted molar refractivity (Wildman–Crippen MR) is 209 cm³/mol. The minimum atomic E-state index is 1.18. The first-order valence-electron chi connectivity index (χ1n) is 26.8. The van der Waals surface area contributed by atoms with Crippen LogP contribution in [-0.2, 0) is 0 Å². The quantitative estimate of drug-likeness (QED) is 0.234. The van der Waals surface area contributed by atoms with Gasteiger partial charge in [-0.25, -0.2) is 0 Å². The van der Waals surface area contributed by atoms with Gasteiger partial charge in [-0.15, -0.1) is 0 Å². The van der Waals surface area contributed by atoms with E-state index in [0.717, 1.165) is 0 Å². The summed E-state index contributed by atoms with van der Waals surface area (Å²) in [5, 5.41) is 0. The number of hydrogen-bond acceptors (Lipinski definition) is 0. The first-order valence-corrected chi connectivity index (χ1v) is 26.8.